The summed E-state index contributed by atoms with van der Waals surface area (Å²) < 4.78 is 0. The van der Waals surface area contributed by atoms with Gasteiger partial charge in [0, 0.05) is 22.4 Å². The van der Waals surface area contributed by atoms with Gasteiger partial charge in [0.1, 0.15) is 0 Å². The summed E-state index contributed by atoms with van der Waals surface area (Å²) in [7, 11) is 0. The lowest BCUT2D eigenvalue weighted by Crippen LogP contribution is -2.03. The number of nitro groups is 1. The summed E-state index contributed by atoms with van der Waals surface area (Å²) >= 11 is 0. The summed E-state index contributed by atoms with van der Waals surface area (Å²) in [4.78, 5) is 28.4. The maximum absolute atomic E-state index is 11.2. The second-order valence-corrected chi connectivity index (χ2v) is 4.82. The Kier molecular flexibility index (Phi) is 3.10. The summed E-state index contributed by atoms with van der Waals surface area (Å²) in [5.41, 5.74) is 2.61. The number of hydrogen-bond acceptors (Lipinski definition) is 4. The van der Waals surface area contributed by atoms with E-state index in [0.29, 0.717) is 22.0 Å². The molecule has 0 bridgehead atoms. The Hall–Kier alpha value is -3.22. The number of hydrogen-bond donors (Lipinski definition) is 2. The molecule has 2 N–H and O–H groups in total. The van der Waals surface area contributed by atoms with E-state index in [2.05, 4.69) is 9.97 Å². The van der Waals surface area contributed by atoms with Crippen LogP contribution in [0.1, 0.15) is 21.6 Å². The van der Waals surface area contributed by atoms with E-state index < -0.39 is 10.9 Å². The van der Waals surface area contributed by atoms with Crippen LogP contribution in [-0.4, -0.2) is 26.0 Å². The highest BCUT2D eigenvalue weighted by Gasteiger charge is 2.16. The maximum atomic E-state index is 11.2. The number of nitrogens with zero attached hydrogens (tertiary/aromatic N) is 2. The van der Waals surface area contributed by atoms with Gasteiger partial charge in [0.2, 0.25) is 6.20 Å². The molecule has 0 aliphatic heterocycles. The average molecular weight is 297 g/mol. The lowest BCUT2D eigenvalue weighted by molar-refractivity contribution is -0.400. The van der Waals surface area contributed by atoms with Gasteiger partial charge in [-0.15, -0.1) is 0 Å². The summed E-state index contributed by atoms with van der Waals surface area (Å²) in [5.74, 6) is -1.10. The van der Waals surface area contributed by atoms with E-state index in [0.717, 1.165) is 17.1 Å². The Bertz CT molecular complexity index is 956. The first-order valence-corrected chi connectivity index (χ1v) is 6.44. The number of nitrogens with one attached hydrogen (secondary N) is 1. The summed E-state index contributed by atoms with van der Waals surface area (Å²) in [6, 6.07) is 5.35. The molecule has 0 fully saturated rings. The Labute approximate surface area is 124 Å². The Balaban J connectivity index is 2.42. The molecule has 2 heterocycles. The molecule has 7 heteroatoms. The molecule has 0 amide bonds. The molecule has 3 rings (SSSR count). The smallest absolute Gasteiger partial charge is 0.354 e. The van der Waals surface area contributed by atoms with Crippen molar-refractivity contribution in [1.29, 1.82) is 0 Å². The lowest BCUT2D eigenvalue weighted by atomic mass is 10.0. The molecule has 0 radical (unpaired) electrons. The monoisotopic (exact) mass is 297 g/mol. The van der Waals surface area contributed by atoms with Crippen molar-refractivity contribution >= 4 is 33.9 Å². The first-order valence-electron chi connectivity index (χ1n) is 6.44. The molecular weight excluding hydrogens is 286 g/mol. The fourth-order valence-electron chi connectivity index (χ4n) is 2.62. The van der Waals surface area contributed by atoms with Crippen molar-refractivity contribution in [3.8, 4) is 0 Å². The van der Waals surface area contributed by atoms with Crippen LogP contribution in [0.3, 0.4) is 0 Å². The number of carboxylic acids is 1. The minimum absolute atomic E-state index is 0.0264. The number of aromatic nitrogens is 2. The first-order chi connectivity index (χ1) is 10.5. The third-order valence-corrected chi connectivity index (χ3v) is 3.52. The fourth-order valence-corrected chi connectivity index (χ4v) is 2.62. The SMILES string of the molecule is Cc1c(C(=O)O)ncc2[nH]c3cccc(/C=C/[N+](=O)[O-])c3c12. The van der Waals surface area contributed by atoms with Gasteiger partial charge < -0.3 is 10.1 Å². The molecule has 0 aliphatic carbocycles. The molecule has 22 heavy (non-hydrogen) atoms. The number of carbonyl (C=O) groups is 1. The number of rotatable bonds is 3. The summed E-state index contributed by atoms with van der Waals surface area (Å²) in [5, 5.41) is 21.2. The minimum atomic E-state index is -1.10. The third-order valence-electron chi connectivity index (χ3n) is 3.52. The van der Waals surface area contributed by atoms with Crippen LogP contribution in [0.15, 0.2) is 30.6 Å². The first kappa shape index (κ1) is 13.7. The molecule has 0 spiro atoms. The normalized spacial score (nSPS) is 11.5. The molecule has 0 atom stereocenters. The Morgan fingerprint density at radius 2 is 2.14 bits per heavy atom. The van der Waals surface area contributed by atoms with Crippen LogP contribution in [0.4, 0.5) is 0 Å². The quantitative estimate of drug-likeness (QED) is 0.570. The van der Waals surface area contributed by atoms with Crippen molar-refractivity contribution in [3.05, 3.63) is 57.5 Å². The molecule has 2 aromatic heterocycles. The molecule has 0 unspecified atom stereocenters. The van der Waals surface area contributed by atoms with E-state index in [9.17, 15) is 20.0 Å². The van der Waals surface area contributed by atoms with E-state index in [4.69, 9.17) is 0 Å². The maximum Gasteiger partial charge on any atom is 0.354 e. The van der Waals surface area contributed by atoms with E-state index >= 15 is 0 Å². The Morgan fingerprint density at radius 1 is 1.36 bits per heavy atom. The molecule has 0 saturated carbocycles. The highest BCUT2D eigenvalue weighted by atomic mass is 16.6. The zero-order chi connectivity index (χ0) is 15.9. The number of aromatic amines is 1. The van der Waals surface area contributed by atoms with Gasteiger partial charge in [-0.2, -0.15) is 0 Å². The fraction of sp³-hybridized carbons (Fsp3) is 0.0667. The van der Waals surface area contributed by atoms with Crippen LogP contribution in [-0.2, 0) is 0 Å². The van der Waals surface area contributed by atoms with Crippen molar-refractivity contribution in [2.45, 2.75) is 6.92 Å². The lowest BCUT2D eigenvalue weighted by Gasteiger charge is -2.03. The standard InChI is InChI=1S/C15H11N3O4/c1-8-12-11(7-16-14(8)15(19)20)17-10-4-2-3-9(13(10)12)5-6-18(21)22/h2-7,17H,1H3,(H,19,20)/b6-5+. The van der Waals surface area contributed by atoms with Crippen LogP contribution in [0, 0.1) is 17.0 Å². The van der Waals surface area contributed by atoms with E-state index in [1.807, 2.05) is 6.07 Å². The molecule has 3 aromatic rings. The molecule has 0 saturated heterocycles. The van der Waals surface area contributed by atoms with Crippen LogP contribution in [0.25, 0.3) is 27.9 Å². The second-order valence-electron chi connectivity index (χ2n) is 4.82. The molecule has 7 nitrogen and oxygen atoms in total. The highest BCUT2D eigenvalue weighted by molar-refractivity contribution is 6.13. The molecular formula is C15H11N3O4. The van der Waals surface area contributed by atoms with Gasteiger partial charge in [-0.1, -0.05) is 12.1 Å². The number of carboxylic acid groups (broad SMARTS) is 1. The van der Waals surface area contributed by atoms with Crippen molar-refractivity contribution in [2.75, 3.05) is 0 Å². The number of aryl methyl sites for hydroxylation is 1. The average Bonchev–Trinajstić information content (AvgIpc) is 2.84. The highest BCUT2D eigenvalue weighted by Crippen LogP contribution is 2.32. The van der Waals surface area contributed by atoms with Gasteiger partial charge in [0.25, 0.3) is 0 Å². The predicted octanol–water partition coefficient (Wildman–Crippen LogP) is 2.97. The number of benzene rings is 1. The number of H-pyrrole nitrogens is 1. The van der Waals surface area contributed by atoms with Gasteiger partial charge in [0.05, 0.1) is 16.6 Å². The van der Waals surface area contributed by atoms with Gasteiger partial charge in [-0.05, 0) is 24.1 Å². The van der Waals surface area contributed by atoms with E-state index in [-0.39, 0.29) is 5.69 Å². The zero-order valence-electron chi connectivity index (χ0n) is 11.5. The summed E-state index contributed by atoms with van der Waals surface area (Å²) in [6.07, 6.45) is 3.73. The number of fused-ring (bicyclic) bond motifs is 3. The van der Waals surface area contributed by atoms with Gasteiger partial charge >= 0.3 is 5.97 Å². The largest absolute Gasteiger partial charge is 0.477 e. The topological polar surface area (TPSA) is 109 Å². The third kappa shape index (κ3) is 2.08. The van der Waals surface area contributed by atoms with Crippen molar-refractivity contribution in [3.63, 3.8) is 0 Å². The molecule has 110 valence electrons. The van der Waals surface area contributed by atoms with Crippen LogP contribution >= 0.6 is 0 Å². The Morgan fingerprint density at radius 3 is 2.82 bits per heavy atom. The van der Waals surface area contributed by atoms with Gasteiger partial charge in [0.15, 0.2) is 5.69 Å². The zero-order valence-corrected chi connectivity index (χ0v) is 11.5. The van der Waals surface area contributed by atoms with Crippen LogP contribution < -0.4 is 0 Å². The number of pyridine rings is 1. The van der Waals surface area contributed by atoms with E-state index in [1.165, 1.54) is 12.3 Å². The van der Waals surface area contributed by atoms with Crippen LogP contribution in [0.5, 0.6) is 0 Å². The second kappa shape index (κ2) is 4.96. The molecule has 1 aromatic carbocycles. The van der Waals surface area contributed by atoms with Gasteiger partial charge in [-0.3, -0.25) is 10.1 Å². The predicted molar refractivity (Wildman–Crippen MR) is 81.3 cm³/mol. The van der Waals surface area contributed by atoms with Crippen LogP contribution in [0.2, 0.25) is 0 Å². The summed E-state index contributed by atoms with van der Waals surface area (Å²) in [6.45, 7) is 1.68. The van der Waals surface area contributed by atoms with Gasteiger partial charge in [-0.25, -0.2) is 9.78 Å². The van der Waals surface area contributed by atoms with Crippen molar-refractivity contribution in [2.24, 2.45) is 0 Å². The molecule has 0 aliphatic rings. The minimum Gasteiger partial charge on any atom is -0.477 e. The van der Waals surface area contributed by atoms with Crippen molar-refractivity contribution in [1.82, 2.24) is 9.97 Å². The number of aromatic carboxylic acids is 1. The van der Waals surface area contributed by atoms with E-state index in [1.54, 1.807) is 19.1 Å². The van der Waals surface area contributed by atoms with Crippen molar-refractivity contribution < 1.29 is 14.8 Å².